The maximum absolute atomic E-state index is 13.8. The van der Waals surface area contributed by atoms with Gasteiger partial charge in [-0.1, -0.05) is 6.07 Å². The van der Waals surface area contributed by atoms with Gasteiger partial charge in [0.2, 0.25) is 11.7 Å². The SMILES string of the molecule is COc1cc(Nc2cnnc(Nc3c(F)cccc3F)n2)cc(OC)c1OC. The van der Waals surface area contributed by atoms with Crippen LogP contribution in [0.1, 0.15) is 0 Å². The quantitative estimate of drug-likeness (QED) is 0.633. The molecule has 0 unspecified atom stereocenters. The topological polar surface area (TPSA) is 90.4 Å². The summed E-state index contributed by atoms with van der Waals surface area (Å²) in [6, 6.07) is 6.85. The molecule has 0 bridgehead atoms. The molecule has 3 aromatic rings. The fraction of sp³-hybridized carbons (Fsp3) is 0.167. The van der Waals surface area contributed by atoms with E-state index >= 15 is 0 Å². The molecule has 0 aliphatic carbocycles. The van der Waals surface area contributed by atoms with Crippen molar-refractivity contribution in [2.45, 2.75) is 0 Å². The second-order valence-corrected chi connectivity index (χ2v) is 5.43. The minimum absolute atomic E-state index is 0.0820. The monoisotopic (exact) mass is 389 g/mol. The van der Waals surface area contributed by atoms with Crippen LogP contribution in [0.5, 0.6) is 17.2 Å². The lowest BCUT2D eigenvalue weighted by Gasteiger charge is -2.15. The van der Waals surface area contributed by atoms with Crippen molar-refractivity contribution in [1.82, 2.24) is 15.2 Å². The van der Waals surface area contributed by atoms with Crippen molar-refractivity contribution in [3.05, 3.63) is 48.2 Å². The van der Waals surface area contributed by atoms with E-state index in [-0.39, 0.29) is 17.5 Å². The number of anilines is 4. The zero-order chi connectivity index (χ0) is 20.1. The van der Waals surface area contributed by atoms with Crippen molar-refractivity contribution in [2.75, 3.05) is 32.0 Å². The molecule has 0 aliphatic heterocycles. The predicted octanol–water partition coefficient (Wildman–Crippen LogP) is 3.66. The Balaban J connectivity index is 1.87. The summed E-state index contributed by atoms with van der Waals surface area (Å²) in [6.07, 6.45) is 1.35. The lowest BCUT2D eigenvalue weighted by atomic mass is 10.2. The molecular formula is C18H17F2N5O3. The summed E-state index contributed by atoms with van der Waals surface area (Å²) in [5.74, 6) is -0.0202. The van der Waals surface area contributed by atoms with Gasteiger partial charge >= 0.3 is 0 Å². The van der Waals surface area contributed by atoms with Gasteiger partial charge in [0.05, 0.1) is 27.5 Å². The van der Waals surface area contributed by atoms with Crippen LogP contribution in [0.25, 0.3) is 0 Å². The van der Waals surface area contributed by atoms with E-state index in [0.29, 0.717) is 22.9 Å². The average Bonchev–Trinajstić information content (AvgIpc) is 2.70. The standard InChI is InChI=1S/C18H17F2N5O3/c1-26-13-7-10(8-14(27-2)17(13)28-3)22-15-9-21-25-18(23-15)24-16-11(19)5-4-6-12(16)20/h4-9H,1-3H3,(H2,22,23,24,25). The van der Waals surface area contributed by atoms with Crippen LogP contribution >= 0.6 is 0 Å². The van der Waals surface area contributed by atoms with Crippen LogP contribution < -0.4 is 24.8 Å². The van der Waals surface area contributed by atoms with Gasteiger partial charge in [-0.05, 0) is 12.1 Å². The Morgan fingerprint density at radius 2 is 1.54 bits per heavy atom. The van der Waals surface area contributed by atoms with Crippen molar-refractivity contribution in [1.29, 1.82) is 0 Å². The first-order chi connectivity index (χ1) is 13.5. The van der Waals surface area contributed by atoms with Crippen LogP contribution in [0, 0.1) is 11.6 Å². The zero-order valence-corrected chi connectivity index (χ0v) is 15.3. The average molecular weight is 389 g/mol. The summed E-state index contributed by atoms with van der Waals surface area (Å²) in [7, 11) is 4.50. The third-order valence-corrected chi connectivity index (χ3v) is 3.70. The minimum atomic E-state index is -0.772. The molecule has 146 valence electrons. The molecule has 0 spiro atoms. The van der Waals surface area contributed by atoms with E-state index in [4.69, 9.17) is 14.2 Å². The summed E-state index contributed by atoms with van der Waals surface area (Å²) in [6.45, 7) is 0. The Hall–Kier alpha value is -3.69. The normalized spacial score (nSPS) is 10.3. The number of ether oxygens (including phenoxy) is 3. The fourth-order valence-electron chi connectivity index (χ4n) is 2.45. The van der Waals surface area contributed by atoms with E-state index in [0.717, 1.165) is 12.1 Å². The first-order valence-electron chi connectivity index (χ1n) is 8.03. The lowest BCUT2D eigenvalue weighted by Crippen LogP contribution is -2.05. The van der Waals surface area contributed by atoms with Crippen molar-refractivity contribution < 1.29 is 23.0 Å². The molecular weight excluding hydrogens is 372 g/mol. The van der Waals surface area contributed by atoms with Crippen LogP contribution in [-0.4, -0.2) is 36.5 Å². The number of benzene rings is 2. The number of aromatic nitrogens is 3. The summed E-state index contributed by atoms with van der Waals surface area (Å²) >= 11 is 0. The second kappa shape index (κ2) is 8.33. The number of hydrogen-bond donors (Lipinski definition) is 2. The maximum Gasteiger partial charge on any atom is 0.249 e. The van der Waals surface area contributed by atoms with Crippen LogP contribution in [0.15, 0.2) is 36.5 Å². The van der Waals surface area contributed by atoms with Crippen molar-refractivity contribution in [3.8, 4) is 17.2 Å². The first kappa shape index (κ1) is 19.1. The molecule has 2 N–H and O–H groups in total. The molecule has 1 aromatic heterocycles. The first-order valence-corrected chi connectivity index (χ1v) is 8.03. The van der Waals surface area contributed by atoms with Gasteiger partial charge in [-0.2, -0.15) is 10.1 Å². The summed E-state index contributed by atoms with van der Waals surface area (Å²) in [5, 5.41) is 13.0. The molecule has 2 aromatic carbocycles. The highest BCUT2D eigenvalue weighted by molar-refractivity contribution is 5.67. The molecule has 0 saturated heterocycles. The molecule has 8 nitrogen and oxygen atoms in total. The largest absolute Gasteiger partial charge is 0.493 e. The van der Waals surface area contributed by atoms with Gasteiger partial charge in [0.25, 0.3) is 0 Å². The molecule has 0 saturated carbocycles. The molecule has 1 heterocycles. The van der Waals surface area contributed by atoms with Crippen molar-refractivity contribution in [3.63, 3.8) is 0 Å². The van der Waals surface area contributed by atoms with Crippen LogP contribution in [-0.2, 0) is 0 Å². The van der Waals surface area contributed by atoms with E-state index in [2.05, 4.69) is 25.8 Å². The smallest absolute Gasteiger partial charge is 0.249 e. The summed E-state index contributed by atoms with van der Waals surface area (Å²) in [5.41, 5.74) is 0.201. The van der Waals surface area contributed by atoms with Gasteiger partial charge in [0.15, 0.2) is 17.3 Å². The highest BCUT2D eigenvalue weighted by Gasteiger charge is 2.14. The molecule has 10 heteroatoms. The lowest BCUT2D eigenvalue weighted by molar-refractivity contribution is 0.324. The van der Waals surface area contributed by atoms with Gasteiger partial charge < -0.3 is 24.8 Å². The Bertz CT molecular complexity index is 942. The molecule has 0 fully saturated rings. The molecule has 3 rings (SSSR count). The van der Waals surface area contributed by atoms with E-state index in [1.807, 2.05) is 0 Å². The van der Waals surface area contributed by atoms with Gasteiger partial charge in [-0.15, -0.1) is 5.10 Å². The van der Waals surface area contributed by atoms with Gasteiger partial charge in [-0.3, -0.25) is 0 Å². The Labute approximate surface area is 159 Å². The van der Waals surface area contributed by atoms with Crippen LogP contribution in [0.3, 0.4) is 0 Å². The second-order valence-electron chi connectivity index (χ2n) is 5.43. The van der Waals surface area contributed by atoms with E-state index in [1.165, 1.54) is 33.6 Å². The number of methoxy groups -OCH3 is 3. The number of nitrogens with one attached hydrogen (secondary N) is 2. The third kappa shape index (κ3) is 4.00. The third-order valence-electron chi connectivity index (χ3n) is 3.70. The Kier molecular flexibility index (Phi) is 5.68. The molecule has 0 aliphatic rings. The highest BCUT2D eigenvalue weighted by atomic mass is 19.1. The van der Waals surface area contributed by atoms with Crippen molar-refractivity contribution in [2.24, 2.45) is 0 Å². The number of para-hydroxylation sites is 1. The Morgan fingerprint density at radius 1 is 0.893 bits per heavy atom. The fourth-order valence-corrected chi connectivity index (χ4v) is 2.45. The van der Waals surface area contributed by atoms with Gasteiger partial charge in [-0.25, -0.2) is 8.78 Å². The van der Waals surface area contributed by atoms with Crippen molar-refractivity contribution >= 4 is 23.1 Å². The number of halogens is 2. The summed E-state index contributed by atoms with van der Waals surface area (Å²) < 4.78 is 43.4. The predicted molar refractivity (Wildman–Crippen MR) is 98.8 cm³/mol. The van der Waals surface area contributed by atoms with E-state index in [1.54, 1.807) is 12.1 Å². The maximum atomic E-state index is 13.8. The Morgan fingerprint density at radius 3 is 2.11 bits per heavy atom. The van der Waals surface area contributed by atoms with Crippen LogP contribution in [0.4, 0.5) is 31.9 Å². The molecule has 0 atom stereocenters. The van der Waals surface area contributed by atoms with E-state index < -0.39 is 11.6 Å². The highest BCUT2D eigenvalue weighted by Crippen LogP contribution is 2.40. The molecule has 0 radical (unpaired) electrons. The summed E-state index contributed by atoms with van der Waals surface area (Å²) in [4.78, 5) is 4.16. The minimum Gasteiger partial charge on any atom is -0.493 e. The van der Waals surface area contributed by atoms with Crippen LogP contribution in [0.2, 0.25) is 0 Å². The number of nitrogens with zero attached hydrogens (tertiary/aromatic N) is 3. The number of rotatable bonds is 7. The van der Waals surface area contributed by atoms with Gasteiger partial charge in [0.1, 0.15) is 17.3 Å². The van der Waals surface area contributed by atoms with Gasteiger partial charge in [0, 0.05) is 17.8 Å². The number of hydrogen-bond acceptors (Lipinski definition) is 8. The van der Waals surface area contributed by atoms with E-state index in [9.17, 15) is 8.78 Å². The molecule has 28 heavy (non-hydrogen) atoms. The zero-order valence-electron chi connectivity index (χ0n) is 15.3. The molecule has 0 amide bonds.